The highest BCUT2D eigenvalue weighted by molar-refractivity contribution is 7.14. The Morgan fingerprint density at radius 2 is 1.87 bits per heavy atom. The van der Waals surface area contributed by atoms with Crippen LogP contribution in [0.3, 0.4) is 0 Å². The summed E-state index contributed by atoms with van der Waals surface area (Å²) in [5.41, 5.74) is 3.24. The van der Waals surface area contributed by atoms with Crippen molar-refractivity contribution in [2.75, 3.05) is 23.3 Å². The van der Waals surface area contributed by atoms with E-state index in [4.69, 9.17) is 4.98 Å². The number of thiazole rings is 1. The normalized spacial score (nSPS) is 13.8. The molecule has 2 heterocycles. The summed E-state index contributed by atoms with van der Waals surface area (Å²) in [5, 5.41) is 17.0. The molecule has 3 aromatic rings. The number of nitrogens with one attached hydrogen (secondary N) is 1. The van der Waals surface area contributed by atoms with E-state index in [1.807, 2.05) is 24.3 Å². The van der Waals surface area contributed by atoms with Gasteiger partial charge in [0.1, 0.15) is 0 Å². The fourth-order valence-electron chi connectivity index (χ4n) is 3.50. The maximum atomic E-state index is 12.5. The van der Waals surface area contributed by atoms with Crippen molar-refractivity contribution >= 4 is 33.8 Å². The van der Waals surface area contributed by atoms with E-state index >= 15 is 0 Å². The molecule has 1 aromatic heterocycles. The molecule has 1 N–H and O–H groups in total. The van der Waals surface area contributed by atoms with E-state index in [-0.39, 0.29) is 17.2 Å². The number of benzene rings is 2. The number of hydrogen-bond donors (Lipinski definition) is 1. The number of carbonyl (C=O) groups excluding carboxylic acids is 1. The molecule has 0 atom stereocenters. The first-order chi connectivity index (χ1) is 14.5. The minimum Gasteiger partial charge on any atom is -0.348 e. The number of piperidine rings is 1. The number of hydrogen-bond acceptors (Lipinski definition) is 6. The Morgan fingerprint density at radius 3 is 2.57 bits per heavy atom. The fourth-order valence-corrected chi connectivity index (χ4v) is 4.39. The summed E-state index contributed by atoms with van der Waals surface area (Å²) >= 11 is 1.66. The molecule has 4 rings (SSSR count). The number of aryl methyl sites for hydroxylation is 1. The lowest BCUT2D eigenvalue weighted by Gasteiger charge is -2.25. The Hall–Kier alpha value is -3.26. The molecular formula is C22H22N4O3S. The number of aromatic nitrogens is 1. The maximum absolute atomic E-state index is 12.5. The molecule has 2 aromatic carbocycles. The molecule has 0 radical (unpaired) electrons. The Labute approximate surface area is 178 Å². The molecular weight excluding hydrogens is 400 g/mol. The number of anilines is 2. The van der Waals surface area contributed by atoms with E-state index in [1.165, 1.54) is 25.3 Å². The van der Waals surface area contributed by atoms with Crippen LogP contribution in [0.4, 0.5) is 16.5 Å². The van der Waals surface area contributed by atoms with Crippen molar-refractivity contribution in [3.05, 3.63) is 69.1 Å². The van der Waals surface area contributed by atoms with Crippen molar-refractivity contribution in [1.82, 2.24) is 4.98 Å². The van der Waals surface area contributed by atoms with Gasteiger partial charge in [-0.25, -0.2) is 4.98 Å². The van der Waals surface area contributed by atoms with Crippen LogP contribution in [0.15, 0.2) is 47.8 Å². The Bertz CT molecular complexity index is 1070. The molecule has 1 amide bonds. The van der Waals surface area contributed by atoms with E-state index in [0.717, 1.165) is 29.5 Å². The topological polar surface area (TPSA) is 88.4 Å². The van der Waals surface area contributed by atoms with Crippen molar-refractivity contribution in [3.8, 4) is 11.3 Å². The average Bonchev–Trinajstić information content (AvgIpc) is 3.25. The van der Waals surface area contributed by atoms with Gasteiger partial charge in [-0.15, -0.1) is 11.3 Å². The third kappa shape index (κ3) is 4.33. The molecule has 0 bridgehead atoms. The van der Waals surface area contributed by atoms with Crippen LogP contribution in [0.2, 0.25) is 0 Å². The first-order valence-corrected chi connectivity index (χ1v) is 10.8. The highest BCUT2D eigenvalue weighted by Crippen LogP contribution is 2.30. The van der Waals surface area contributed by atoms with Crippen LogP contribution in [-0.4, -0.2) is 28.9 Å². The third-order valence-electron chi connectivity index (χ3n) is 5.23. The van der Waals surface area contributed by atoms with Crippen LogP contribution in [0.5, 0.6) is 0 Å². The smallest absolute Gasteiger partial charge is 0.273 e. The van der Waals surface area contributed by atoms with E-state index in [9.17, 15) is 14.9 Å². The molecule has 7 nitrogen and oxygen atoms in total. The highest BCUT2D eigenvalue weighted by Gasteiger charge is 2.16. The van der Waals surface area contributed by atoms with Gasteiger partial charge >= 0.3 is 0 Å². The van der Waals surface area contributed by atoms with Gasteiger partial charge in [0, 0.05) is 46.9 Å². The van der Waals surface area contributed by atoms with Crippen LogP contribution < -0.4 is 10.2 Å². The lowest BCUT2D eigenvalue weighted by molar-refractivity contribution is -0.385. The van der Waals surface area contributed by atoms with Crippen molar-refractivity contribution in [2.45, 2.75) is 26.2 Å². The second-order valence-corrected chi connectivity index (χ2v) is 8.19. The van der Waals surface area contributed by atoms with Crippen molar-refractivity contribution in [2.24, 2.45) is 0 Å². The van der Waals surface area contributed by atoms with E-state index < -0.39 is 4.92 Å². The molecule has 1 fully saturated rings. The summed E-state index contributed by atoms with van der Waals surface area (Å²) in [6, 6.07) is 11.9. The Kier molecular flexibility index (Phi) is 5.76. The molecule has 1 saturated heterocycles. The molecule has 0 aliphatic carbocycles. The third-order valence-corrected chi connectivity index (χ3v) is 6.13. The zero-order valence-electron chi connectivity index (χ0n) is 16.6. The average molecular weight is 423 g/mol. The summed E-state index contributed by atoms with van der Waals surface area (Å²) in [6.45, 7) is 3.78. The molecule has 0 unspecified atom stereocenters. The monoisotopic (exact) mass is 422 g/mol. The van der Waals surface area contributed by atoms with Crippen molar-refractivity contribution in [1.29, 1.82) is 0 Å². The number of carbonyl (C=O) groups is 1. The maximum Gasteiger partial charge on any atom is 0.273 e. The summed E-state index contributed by atoms with van der Waals surface area (Å²) in [7, 11) is 0. The first-order valence-electron chi connectivity index (χ1n) is 9.88. The lowest BCUT2D eigenvalue weighted by atomic mass is 10.1. The summed E-state index contributed by atoms with van der Waals surface area (Å²) < 4.78 is 0. The standard InChI is InChI=1S/C22H22N4O3S/c1-15-5-6-17(13-20(15)26(28)29)21(27)23-18-9-7-16(8-10-18)19-14-30-22(24-19)25-11-3-2-4-12-25/h5-10,13-14H,2-4,11-12H2,1H3,(H,23,27). The van der Waals surface area contributed by atoms with E-state index in [0.29, 0.717) is 11.3 Å². The lowest BCUT2D eigenvalue weighted by Crippen LogP contribution is -2.29. The quantitative estimate of drug-likeness (QED) is 0.447. The zero-order chi connectivity index (χ0) is 21.1. The number of nitrogens with zero attached hydrogens (tertiary/aromatic N) is 3. The van der Waals surface area contributed by atoms with Gasteiger partial charge in [0.15, 0.2) is 5.13 Å². The first kappa shape index (κ1) is 20.0. The van der Waals surface area contributed by atoms with Crippen LogP contribution in [0.1, 0.15) is 35.2 Å². The second-order valence-electron chi connectivity index (χ2n) is 7.35. The largest absolute Gasteiger partial charge is 0.348 e. The number of nitro benzene ring substituents is 1. The highest BCUT2D eigenvalue weighted by atomic mass is 32.1. The predicted molar refractivity (Wildman–Crippen MR) is 119 cm³/mol. The zero-order valence-corrected chi connectivity index (χ0v) is 17.4. The van der Waals surface area contributed by atoms with Crippen molar-refractivity contribution in [3.63, 3.8) is 0 Å². The number of amides is 1. The molecule has 0 spiro atoms. The van der Waals surface area contributed by atoms with Crippen molar-refractivity contribution < 1.29 is 9.72 Å². The minimum absolute atomic E-state index is 0.0639. The fraction of sp³-hybridized carbons (Fsp3) is 0.273. The van der Waals surface area contributed by atoms with Gasteiger partial charge in [0.25, 0.3) is 11.6 Å². The minimum atomic E-state index is -0.479. The predicted octanol–water partition coefficient (Wildman–Crippen LogP) is 5.27. The summed E-state index contributed by atoms with van der Waals surface area (Å²) in [6.07, 6.45) is 3.72. The molecule has 1 aliphatic heterocycles. The molecule has 30 heavy (non-hydrogen) atoms. The SMILES string of the molecule is Cc1ccc(C(=O)Nc2ccc(-c3csc(N4CCCCC4)n3)cc2)cc1[N+](=O)[O-]. The second kappa shape index (κ2) is 8.62. The van der Waals surface area contributed by atoms with Gasteiger partial charge in [-0.3, -0.25) is 14.9 Å². The van der Waals surface area contributed by atoms with Gasteiger partial charge in [0.2, 0.25) is 0 Å². The van der Waals surface area contributed by atoms with Crippen LogP contribution in [-0.2, 0) is 0 Å². The number of rotatable bonds is 5. The molecule has 154 valence electrons. The van der Waals surface area contributed by atoms with E-state index in [2.05, 4.69) is 15.6 Å². The molecule has 1 aliphatic rings. The molecule has 0 saturated carbocycles. The van der Waals surface area contributed by atoms with Gasteiger partial charge in [-0.2, -0.15) is 0 Å². The Balaban J connectivity index is 1.45. The van der Waals surface area contributed by atoms with Crippen LogP contribution in [0.25, 0.3) is 11.3 Å². The summed E-state index contributed by atoms with van der Waals surface area (Å²) in [5.74, 6) is -0.383. The Morgan fingerprint density at radius 1 is 1.13 bits per heavy atom. The molecule has 8 heteroatoms. The van der Waals surface area contributed by atoms with Crippen LogP contribution in [0, 0.1) is 17.0 Å². The van der Waals surface area contributed by atoms with Gasteiger partial charge < -0.3 is 10.2 Å². The van der Waals surface area contributed by atoms with Gasteiger partial charge in [-0.1, -0.05) is 18.2 Å². The van der Waals surface area contributed by atoms with Gasteiger partial charge in [-0.05, 0) is 44.4 Å². The number of nitro groups is 1. The van der Waals surface area contributed by atoms with Gasteiger partial charge in [0.05, 0.1) is 10.6 Å². The van der Waals surface area contributed by atoms with E-state index in [1.54, 1.807) is 30.4 Å². The summed E-state index contributed by atoms with van der Waals surface area (Å²) in [4.78, 5) is 30.2. The van der Waals surface area contributed by atoms with Crippen LogP contribution >= 0.6 is 11.3 Å².